The van der Waals surface area contributed by atoms with Crippen molar-refractivity contribution in [2.24, 2.45) is 0 Å². The van der Waals surface area contributed by atoms with Gasteiger partial charge in [0.15, 0.2) is 0 Å². The fourth-order valence-corrected chi connectivity index (χ4v) is 0.907. The first-order valence-electron chi connectivity index (χ1n) is 10.3. The van der Waals surface area contributed by atoms with Gasteiger partial charge in [-0.3, -0.25) is 9.59 Å². The molecule has 0 aliphatic carbocycles. The van der Waals surface area contributed by atoms with Crippen LogP contribution in [0.3, 0.4) is 0 Å². The maximum absolute atomic E-state index is 9.79. The summed E-state index contributed by atoms with van der Waals surface area (Å²) in [4.78, 5) is 45.5. The Morgan fingerprint density at radius 3 is 1.03 bits per heavy atom. The Kier molecular flexibility index (Phi) is 126. The first-order valence-corrected chi connectivity index (χ1v) is 10.3. The quantitative estimate of drug-likeness (QED) is 0.139. The fourth-order valence-electron chi connectivity index (χ4n) is 0.907. The maximum Gasteiger partial charge on any atom is 1.00 e. The monoisotopic (exact) mass is 566 g/mol. The topological polar surface area (TPSA) is 229 Å². The van der Waals surface area contributed by atoms with E-state index in [-0.39, 0.29) is 91.1 Å². The molecule has 0 heterocycles. The minimum absolute atomic E-state index is 0. The number of methoxy groups -OCH3 is 1. The minimum atomic E-state index is -1.06. The number of carboxylic acids is 3. The van der Waals surface area contributed by atoms with Crippen LogP contribution < -0.4 is 69.3 Å². The summed E-state index contributed by atoms with van der Waals surface area (Å²) in [5.41, 5.74) is 0. The molecule has 0 saturated carbocycles. The van der Waals surface area contributed by atoms with Crippen molar-refractivity contribution in [3.05, 3.63) is 0 Å². The summed E-state index contributed by atoms with van der Waals surface area (Å²) >= 11 is 0. The van der Waals surface area contributed by atoms with Gasteiger partial charge in [-0.25, -0.2) is 0 Å². The van der Waals surface area contributed by atoms with E-state index in [9.17, 15) is 19.5 Å². The fraction of sp³-hybridized carbons (Fsp3) is 0.810. The van der Waals surface area contributed by atoms with Crippen LogP contribution in [0.2, 0.25) is 0 Å². The van der Waals surface area contributed by atoms with E-state index in [4.69, 9.17) is 44.2 Å². The number of aliphatic hydroxyl groups is 1. The van der Waals surface area contributed by atoms with Crippen LogP contribution >= 0.6 is 0 Å². The number of carboxylic acid groups (broad SMARTS) is 3. The summed E-state index contributed by atoms with van der Waals surface area (Å²) in [6.45, 7) is 10.9. The standard InChI is InChI=1S/3C5H10O3.C3H8O.CO2.CH4O.CH3O.2Na/c3*1-2-8-4-3-5(6)7;1-3-4-2;2-1-3;2*1-2;;/h3*2-4H2,1H3,(H,6,7);3H2,1-2H3;;2H,1H3;1H3;;/q;;;;;;-1;2*+1/p-1. The Labute approximate surface area is 264 Å². The van der Waals surface area contributed by atoms with Crippen LogP contribution in [0, 0.1) is 0 Å². The molecule has 3 N–H and O–H groups in total. The van der Waals surface area contributed by atoms with Crippen molar-refractivity contribution < 1.29 is 128 Å². The molecule has 0 aromatic rings. The number of ether oxygens (including phenoxy) is 4. The van der Waals surface area contributed by atoms with Crippen LogP contribution in [0.1, 0.15) is 47.0 Å². The molecular weight excluding hydrogens is 522 g/mol. The zero-order valence-corrected chi connectivity index (χ0v) is 27.9. The van der Waals surface area contributed by atoms with E-state index in [1.165, 1.54) is 0 Å². The zero-order valence-electron chi connectivity index (χ0n) is 23.9. The summed E-state index contributed by atoms with van der Waals surface area (Å²) in [6, 6.07) is 0. The number of carbonyl (C=O) groups excluding carboxylic acids is 3. The Morgan fingerprint density at radius 2 is 0.892 bits per heavy atom. The van der Waals surface area contributed by atoms with E-state index in [1.807, 2.05) is 27.7 Å². The second-order valence-electron chi connectivity index (χ2n) is 4.66. The third-order valence-electron chi connectivity index (χ3n) is 2.27. The van der Waals surface area contributed by atoms with Crippen molar-refractivity contribution in [2.75, 3.05) is 67.6 Å². The van der Waals surface area contributed by atoms with Gasteiger partial charge in [0, 0.05) is 53.0 Å². The van der Waals surface area contributed by atoms with Gasteiger partial charge < -0.3 is 49.3 Å². The molecule has 0 saturated heterocycles. The second-order valence-corrected chi connectivity index (χ2v) is 4.66. The molecule has 0 aliphatic rings. The third-order valence-corrected chi connectivity index (χ3v) is 2.27. The van der Waals surface area contributed by atoms with Crippen LogP contribution in [0.15, 0.2) is 0 Å². The minimum Gasteiger partial charge on any atom is -0.857 e. The molecule has 0 aromatic heterocycles. The molecule has 0 unspecified atom stereocenters. The molecule has 0 amide bonds. The first kappa shape index (κ1) is 60.9. The summed E-state index contributed by atoms with van der Waals surface area (Å²) in [7, 11) is 3.43. The van der Waals surface area contributed by atoms with Gasteiger partial charge >= 0.3 is 77.2 Å². The Balaban J connectivity index is -0.0000000372. The predicted molar refractivity (Wildman–Crippen MR) is 120 cm³/mol. The van der Waals surface area contributed by atoms with Crippen molar-refractivity contribution in [1.82, 2.24) is 0 Å². The largest absolute Gasteiger partial charge is 1.00 e. The number of rotatable bonds is 13. The average Bonchev–Trinajstić information content (AvgIpc) is 2.83. The molecule has 0 aliphatic heterocycles. The maximum atomic E-state index is 9.79. The van der Waals surface area contributed by atoms with Crippen molar-refractivity contribution in [3.8, 4) is 0 Å². The summed E-state index contributed by atoms with van der Waals surface area (Å²) in [5, 5.41) is 41.1. The molecule has 0 fully saturated rings. The summed E-state index contributed by atoms with van der Waals surface area (Å²) < 4.78 is 18.8. The van der Waals surface area contributed by atoms with Crippen molar-refractivity contribution in [1.29, 1.82) is 0 Å². The molecule has 0 radical (unpaired) electrons. The zero-order chi connectivity index (χ0) is 29.3. The summed E-state index contributed by atoms with van der Waals surface area (Å²) in [6.07, 6.45) is 0.454. The van der Waals surface area contributed by atoms with E-state index in [0.717, 1.165) is 20.8 Å². The van der Waals surface area contributed by atoms with Gasteiger partial charge in [0.25, 0.3) is 0 Å². The van der Waals surface area contributed by atoms with Gasteiger partial charge in [-0.05, 0) is 27.7 Å². The van der Waals surface area contributed by atoms with Crippen LogP contribution in [-0.2, 0) is 42.9 Å². The molecule has 214 valence electrons. The van der Waals surface area contributed by atoms with Crippen LogP contribution in [0.5, 0.6) is 0 Å². The smallest absolute Gasteiger partial charge is 0.857 e. The molecule has 0 spiro atoms. The molecule has 14 nitrogen and oxygen atoms in total. The average molecular weight is 567 g/mol. The number of hydrogen-bond acceptors (Lipinski definition) is 12. The van der Waals surface area contributed by atoms with Crippen molar-refractivity contribution in [3.63, 3.8) is 0 Å². The van der Waals surface area contributed by atoms with E-state index >= 15 is 0 Å². The molecular formula is C21H44Na2O14. The van der Waals surface area contributed by atoms with Gasteiger partial charge in [-0.2, -0.15) is 16.7 Å². The molecule has 0 rings (SSSR count). The Hall–Kier alpha value is -0.450. The Morgan fingerprint density at radius 1 is 0.676 bits per heavy atom. The molecule has 0 atom stereocenters. The molecule has 16 heteroatoms. The first-order chi connectivity index (χ1) is 16.6. The van der Waals surface area contributed by atoms with Gasteiger partial charge in [0.2, 0.25) is 0 Å². The van der Waals surface area contributed by atoms with E-state index in [0.29, 0.717) is 33.0 Å². The number of aliphatic hydroxyl groups excluding tert-OH is 1. The normalized spacial score (nSPS) is 7.27. The van der Waals surface area contributed by atoms with Crippen LogP contribution in [-0.4, -0.2) is 107 Å². The van der Waals surface area contributed by atoms with Crippen LogP contribution in [0.25, 0.3) is 0 Å². The van der Waals surface area contributed by atoms with Gasteiger partial charge in [0.1, 0.15) is 0 Å². The predicted octanol–water partition coefficient (Wildman–Crippen LogP) is -7.18. The van der Waals surface area contributed by atoms with E-state index in [2.05, 4.69) is 4.74 Å². The second kappa shape index (κ2) is 76.5. The number of hydrogen-bond donors (Lipinski definition) is 3. The molecule has 37 heavy (non-hydrogen) atoms. The van der Waals surface area contributed by atoms with Gasteiger partial charge in [-0.15, -0.1) is 0 Å². The van der Waals surface area contributed by atoms with Crippen molar-refractivity contribution in [2.45, 2.75) is 47.0 Å². The number of aliphatic carboxylic acids is 3. The number of carbonyl (C=O) groups is 3. The summed E-state index contributed by atoms with van der Waals surface area (Å²) in [5.74, 6) is -2.67. The van der Waals surface area contributed by atoms with E-state index < -0.39 is 17.9 Å². The SMILES string of the molecule is CCOC.CCOCCC(=O)O.CCOCCC(=O)O.CCOCCC(=O)[O-].CO.C[O-].O=C=O.[Na+].[Na+]. The van der Waals surface area contributed by atoms with Crippen molar-refractivity contribution >= 4 is 24.1 Å². The van der Waals surface area contributed by atoms with Gasteiger partial charge in [0.05, 0.1) is 32.7 Å². The molecule has 0 aromatic carbocycles. The third kappa shape index (κ3) is 165. The Bertz CT molecular complexity index is 373. The van der Waals surface area contributed by atoms with Gasteiger partial charge in [-0.1, -0.05) is 0 Å². The van der Waals surface area contributed by atoms with Crippen LogP contribution in [0.4, 0.5) is 0 Å². The molecule has 0 bridgehead atoms. The van der Waals surface area contributed by atoms with E-state index in [1.54, 1.807) is 7.11 Å².